The molecule has 5 aromatic rings. The number of nitrogens with zero attached hydrogens (tertiary/aromatic N) is 3. The highest BCUT2D eigenvalue weighted by Gasteiger charge is 2.36. The minimum Gasteiger partial charge on any atom is -0.378 e. The van der Waals surface area contributed by atoms with E-state index in [4.69, 9.17) is 4.74 Å². The Morgan fingerprint density at radius 1 is 0.982 bits per heavy atom. The standard InChI is InChI=1S/C42H47N5O6S3/c1-45(2)24-21-33(30-55-35-11-5-4-6-12-35)43-38-20-19-36(28-39(38)47(49)50)56(51,52)44-41(48)31-15-17-34(18-16-31)46-25-22-42(53-3,23-26-46)29-32-10-7-8-13-37(32)40-14-9-27-54-40/h4-20,27-28,33,43H,21-26,29-30H2,1-3H3,(H,44,48)/t33-/m1/s1. The Morgan fingerprint density at radius 2 is 1.70 bits per heavy atom. The topological polar surface area (TPSA) is 134 Å². The predicted molar refractivity (Wildman–Crippen MR) is 227 cm³/mol. The molecule has 2 N–H and O–H groups in total. The Kier molecular flexibility index (Phi) is 13.5. The molecule has 0 aliphatic carbocycles. The molecule has 0 saturated carbocycles. The Labute approximate surface area is 337 Å². The summed E-state index contributed by atoms with van der Waals surface area (Å²) in [6.45, 7) is 2.25. The Hall–Kier alpha value is -4.73. The van der Waals surface area contributed by atoms with Crippen LogP contribution < -0.4 is 14.9 Å². The molecule has 1 aliphatic rings. The van der Waals surface area contributed by atoms with Crippen molar-refractivity contribution in [3.63, 3.8) is 0 Å². The fourth-order valence-corrected chi connectivity index (χ4v) is 9.65. The van der Waals surface area contributed by atoms with Crippen LogP contribution in [0.1, 0.15) is 35.2 Å². The molecule has 4 aromatic carbocycles. The summed E-state index contributed by atoms with van der Waals surface area (Å²) < 4.78 is 35.0. The average molecular weight is 814 g/mol. The molecule has 1 fully saturated rings. The van der Waals surface area contributed by atoms with Gasteiger partial charge in [-0.3, -0.25) is 14.9 Å². The van der Waals surface area contributed by atoms with Gasteiger partial charge in [0, 0.05) is 65.5 Å². The van der Waals surface area contributed by atoms with Crippen molar-refractivity contribution in [2.75, 3.05) is 56.8 Å². The molecule has 0 radical (unpaired) electrons. The zero-order chi connectivity index (χ0) is 39.7. The molecule has 1 saturated heterocycles. The molecule has 11 nitrogen and oxygen atoms in total. The summed E-state index contributed by atoms with van der Waals surface area (Å²) in [5, 5.41) is 17.6. The number of hydrogen-bond donors (Lipinski definition) is 2. The van der Waals surface area contributed by atoms with Crippen LogP contribution in [0.3, 0.4) is 0 Å². The lowest BCUT2D eigenvalue weighted by atomic mass is 9.83. The van der Waals surface area contributed by atoms with E-state index in [2.05, 4.69) is 56.7 Å². The van der Waals surface area contributed by atoms with Gasteiger partial charge in [-0.1, -0.05) is 48.5 Å². The zero-order valence-corrected chi connectivity index (χ0v) is 34.2. The van der Waals surface area contributed by atoms with E-state index in [1.165, 1.54) is 28.1 Å². The molecule has 1 amide bonds. The maximum atomic E-state index is 13.4. The second-order valence-electron chi connectivity index (χ2n) is 14.2. The number of amides is 1. The summed E-state index contributed by atoms with van der Waals surface area (Å²) in [6.07, 6.45) is 3.13. The number of nitrogens with one attached hydrogen (secondary N) is 2. The summed E-state index contributed by atoms with van der Waals surface area (Å²) >= 11 is 3.36. The van der Waals surface area contributed by atoms with Crippen LogP contribution in [0.25, 0.3) is 10.4 Å². The molecular formula is C42H47N5O6S3. The number of nitro groups is 1. The third-order valence-electron chi connectivity index (χ3n) is 10.1. The molecule has 294 valence electrons. The number of ether oxygens (including phenoxy) is 1. The highest BCUT2D eigenvalue weighted by atomic mass is 32.2. The number of methoxy groups -OCH3 is 1. The van der Waals surface area contributed by atoms with Crippen molar-refractivity contribution in [1.82, 2.24) is 9.62 Å². The van der Waals surface area contributed by atoms with Crippen LogP contribution in [-0.2, 0) is 21.2 Å². The number of carbonyl (C=O) groups is 1. The molecular weight excluding hydrogens is 767 g/mol. The van der Waals surface area contributed by atoms with Gasteiger partial charge >= 0.3 is 0 Å². The van der Waals surface area contributed by atoms with Crippen LogP contribution in [0.15, 0.2) is 124 Å². The van der Waals surface area contributed by atoms with Crippen molar-refractivity contribution in [2.24, 2.45) is 0 Å². The quantitative estimate of drug-likeness (QED) is 0.0538. The molecule has 14 heteroatoms. The monoisotopic (exact) mass is 813 g/mol. The van der Waals surface area contributed by atoms with Gasteiger partial charge < -0.3 is 19.9 Å². The van der Waals surface area contributed by atoms with E-state index in [-0.39, 0.29) is 27.8 Å². The van der Waals surface area contributed by atoms with Crippen molar-refractivity contribution >= 4 is 56.1 Å². The van der Waals surface area contributed by atoms with Crippen molar-refractivity contribution in [2.45, 2.75) is 47.1 Å². The van der Waals surface area contributed by atoms with Gasteiger partial charge in [0.25, 0.3) is 21.6 Å². The number of anilines is 2. The first-order valence-electron chi connectivity index (χ1n) is 18.4. The number of rotatable bonds is 17. The van der Waals surface area contributed by atoms with Crippen LogP contribution in [0.4, 0.5) is 17.1 Å². The summed E-state index contributed by atoms with van der Waals surface area (Å²) in [4.78, 5) is 31.0. The van der Waals surface area contributed by atoms with Crippen LogP contribution in [0.2, 0.25) is 0 Å². The Bertz CT molecular complexity index is 2190. The first kappa shape index (κ1) is 40.9. The van der Waals surface area contributed by atoms with Crippen molar-refractivity contribution < 1.29 is 22.9 Å². The lowest BCUT2D eigenvalue weighted by Gasteiger charge is -2.42. The average Bonchev–Trinajstić information content (AvgIpc) is 3.75. The fraction of sp³-hybridized carbons (Fsp3) is 0.310. The number of sulfonamides is 1. The maximum Gasteiger partial charge on any atom is 0.293 e. The van der Waals surface area contributed by atoms with E-state index in [9.17, 15) is 23.3 Å². The number of hydrogen-bond acceptors (Lipinski definition) is 11. The van der Waals surface area contributed by atoms with Crippen LogP contribution >= 0.6 is 23.1 Å². The summed E-state index contributed by atoms with van der Waals surface area (Å²) in [6, 6.07) is 32.9. The molecule has 0 unspecified atom stereocenters. The number of piperidine rings is 1. The second kappa shape index (κ2) is 18.5. The number of nitro benzene ring substituents is 1. The lowest BCUT2D eigenvalue weighted by molar-refractivity contribution is -0.384. The molecule has 1 atom stereocenters. The largest absolute Gasteiger partial charge is 0.378 e. The molecule has 56 heavy (non-hydrogen) atoms. The van der Waals surface area contributed by atoms with Gasteiger partial charge in [0.1, 0.15) is 5.69 Å². The number of thioether (sulfide) groups is 1. The summed E-state index contributed by atoms with van der Waals surface area (Å²) in [5.41, 5.74) is 3.06. The lowest BCUT2D eigenvalue weighted by Crippen LogP contribution is -2.47. The highest BCUT2D eigenvalue weighted by Crippen LogP contribution is 2.36. The molecule has 0 spiro atoms. The van der Waals surface area contributed by atoms with Crippen molar-refractivity contribution in [3.05, 3.63) is 136 Å². The summed E-state index contributed by atoms with van der Waals surface area (Å²) in [5.74, 6) is -0.189. The van der Waals surface area contributed by atoms with E-state index >= 15 is 0 Å². The molecule has 1 aliphatic heterocycles. The predicted octanol–water partition coefficient (Wildman–Crippen LogP) is 8.19. The maximum absolute atomic E-state index is 13.4. The Morgan fingerprint density at radius 3 is 2.36 bits per heavy atom. The van der Waals surface area contributed by atoms with Gasteiger partial charge in [0.15, 0.2) is 0 Å². The third-order valence-corrected chi connectivity index (χ3v) is 13.5. The highest BCUT2D eigenvalue weighted by molar-refractivity contribution is 7.99. The van der Waals surface area contributed by atoms with Crippen molar-refractivity contribution in [1.29, 1.82) is 0 Å². The number of carbonyl (C=O) groups excluding carboxylic acids is 1. The first-order valence-corrected chi connectivity index (χ1v) is 21.8. The first-order chi connectivity index (χ1) is 26.9. The van der Waals surface area contributed by atoms with E-state index in [1.54, 1.807) is 42.3 Å². The van der Waals surface area contributed by atoms with Gasteiger partial charge in [0.05, 0.1) is 15.4 Å². The Balaban J connectivity index is 1.08. The van der Waals surface area contributed by atoms with Gasteiger partial charge in [0.2, 0.25) is 0 Å². The van der Waals surface area contributed by atoms with Gasteiger partial charge in [-0.2, -0.15) is 0 Å². The molecule has 6 rings (SSSR count). The van der Waals surface area contributed by atoms with Crippen LogP contribution in [0.5, 0.6) is 0 Å². The van der Waals surface area contributed by atoms with Crippen LogP contribution in [0, 0.1) is 10.1 Å². The molecule has 0 bridgehead atoms. The van der Waals surface area contributed by atoms with Gasteiger partial charge in [-0.05, 0) is 111 Å². The van der Waals surface area contributed by atoms with Gasteiger partial charge in [-0.25, -0.2) is 13.1 Å². The third kappa shape index (κ3) is 10.4. The van der Waals surface area contributed by atoms with Gasteiger partial charge in [-0.15, -0.1) is 23.1 Å². The van der Waals surface area contributed by atoms with Crippen LogP contribution in [-0.4, -0.2) is 82.4 Å². The normalized spacial score (nSPS) is 14.7. The second-order valence-corrected chi connectivity index (χ2v) is 17.9. The number of benzene rings is 4. The van der Waals surface area contributed by atoms with E-state index in [0.717, 1.165) is 55.5 Å². The summed E-state index contributed by atoms with van der Waals surface area (Å²) in [7, 11) is 1.27. The number of thiophene rings is 1. The fourth-order valence-electron chi connectivity index (χ4n) is 6.88. The van der Waals surface area contributed by atoms with Crippen molar-refractivity contribution in [3.8, 4) is 10.4 Å². The smallest absolute Gasteiger partial charge is 0.293 e. The van der Waals surface area contributed by atoms with E-state index < -0.39 is 26.5 Å². The SMILES string of the molecule is COC1(Cc2ccccc2-c2cccs2)CCN(c2ccc(C(=O)NS(=O)(=O)c3ccc(N[C@H](CCN(C)C)CSc4ccccc4)c([N+](=O)[O-])c3)cc2)CC1. The minimum atomic E-state index is -4.43. The van der Waals surface area contributed by atoms with E-state index in [0.29, 0.717) is 12.2 Å². The molecule has 1 aromatic heterocycles. The molecule has 2 heterocycles. The van der Waals surface area contributed by atoms with E-state index in [1.807, 2.05) is 61.5 Å². The zero-order valence-electron chi connectivity index (χ0n) is 31.7. The minimum absolute atomic E-state index is 0.141.